The molecule has 1 unspecified atom stereocenters. The Kier molecular flexibility index (Phi) is 9.43. The Morgan fingerprint density at radius 1 is 0.930 bits per heavy atom. The number of aliphatic imine (C=N–C) groups is 1. The van der Waals surface area contributed by atoms with Crippen molar-refractivity contribution < 1.29 is 9.59 Å². The number of nitrogens with one attached hydrogen (secondary N) is 4. The van der Waals surface area contributed by atoms with Crippen LogP contribution in [0.5, 0.6) is 0 Å². The molecule has 1 atom stereocenters. The zero-order valence-corrected chi connectivity index (χ0v) is 25.7. The normalized spacial score (nSPS) is 23.2. The van der Waals surface area contributed by atoms with Crippen LogP contribution >= 0.6 is 0 Å². The number of fused-ring (bicyclic) bond motifs is 1. The van der Waals surface area contributed by atoms with Gasteiger partial charge >= 0.3 is 6.03 Å². The van der Waals surface area contributed by atoms with Crippen molar-refractivity contribution in [3.8, 4) is 0 Å². The Bertz CT molecular complexity index is 1290. The number of piperidine rings is 2. The van der Waals surface area contributed by atoms with Gasteiger partial charge in [0.1, 0.15) is 0 Å². The van der Waals surface area contributed by atoms with Crippen molar-refractivity contribution in [2.45, 2.75) is 82.7 Å². The third kappa shape index (κ3) is 6.36. The molecule has 1 saturated carbocycles. The molecular formula is C35H48N6O2. The largest absolute Gasteiger partial charge is 0.321 e. The number of benzene rings is 2. The van der Waals surface area contributed by atoms with Crippen molar-refractivity contribution in [2.24, 2.45) is 16.8 Å². The summed E-state index contributed by atoms with van der Waals surface area (Å²) < 4.78 is 0. The first-order chi connectivity index (χ1) is 21.1. The fourth-order valence-electron chi connectivity index (χ4n) is 8.06. The molecule has 0 bridgehead atoms. The summed E-state index contributed by atoms with van der Waals surface area (Å²) in [6, 6.07) is 16.2. The SMILES string of the molecule is CCCN1C(=O)C(NC(=O)Nc2ccc(C3(C4CCNCC4)CCNCC3)cc2)N=C(C2CCCCC2)c2ccccc21. The molecule has 0 spiro atoms. The second-order valence-electron chi connectivity index (χ2n) is 12.9. The lowest BCUT2D eigenvalue weighted by Gasteiger charge is -2.46. The highest BCUT2D eigenvalue weighted by atomic mass is 16.2. The fraction of sp³-hybridized carbons (Fsp3) is 0.571. The Labute approximate surface area is 256 Å². The zero-order valence-electron chi connectivity index (χ0n) is 25.7. The van der Waals surface area contributed by atoms with E-state index in [4.69, 9.17) is 4.99 Å². The van der Waals surface area contributed by atoms with Crippen LogP contribution in [0, 0.1) is 11.8 Å². The minimum Gasteiger partial charge on any atom is -0.317 e. The van der Waals surface area contributed by atoms with Crippen molar-refractivity contribution in [2.75, 3.05) is 42.9 Å². The molecule has 3 amide bonds. The van der Waals surface area contributed by atoms with Gasteiger partial charge < -0.3 is 26.2 Å². The van der Waals surface area contributed by atoms with E-state index in [0.29, 0.717) is 18.4 Å². The second-order valence-corrected chi connectivity index (χ2v) is 12.9. The summed E-state index contributed by atoms with van der Waals surface area (Å²) in [5.74, 6) is 0.789. The summed E-state index contributed by atoms with van der Waals surface area (Å²) in [7, 11) is 0. The molecular weight excluding hydrogens is 536 g/mol. The lowest BCUT2D eigenvalue weighted by molar-refractivity contribution is -0.120. The number of rotatable bonds is 7. The summed E-state index contributed by atoms with van der Waals surface area (Å²) in [6.45, 7) is 6.92. The number of carbonyl (C=O) groups is 2. The average Bonchev–Trinajstić information content (AvgIpc) is 3.17. The molecule has 4 N–H and O–H groups in total. The van der Waals surface area contributed by atoms with Gasteiger partial charge in [-0.1, -0.05) is 56.5 Å². The summed E-state index contributed by atoms with van der Waals surface area (Å²) in [6.07, 6.45) is 10.3. The summed E-state index contributed by atoms with van der Waals surface area (Å²) in [4.78, 5) is 34.1. The van der Waals surface area contributed by atoms with Gasteiger partial charge in [-0.25, -0.2) is 4.79 Å². The Balaban J connectivity index is 1.21. The van der Waals surface area contributed by atoms with E-state index in [1.165, 1.54) is 37.7 Å². The minimum absolute atomic E-state index is 0.180. The number of anilines is 2. The van der Waals surface area contributed by atoms with Crippen molar-refractivity contribution >= 4 is 29.0 Å². The van der Waals surface area contributed by atoms with E-state index in [1.807, 2.05) is 35.2 Å². The smallest absolute Gasteiger partial charge is 0.317 e. The predicted molar refractivity (Wildman–Crippen MR) is 174 cm³/mol. The molecule has 3 heterocycles. The highest BCUT2D eigenvalue weighted by Gasteiger charge is 2.41. The molecule has 2 aromatic rings. The van der Waals surface area contributed by atoms with Gasteiger partial charge in [0.05, 0.1) is 11.4 Å². The first-order valence-electron chi connectivity index (χ1n) is 16.7. The monoisotopic (exact) mass is 584 g/mol. The van der Waals surface area contributed by atoms with Crippen molar-refractivity contribution in [1.82, 2.24) is 16.0 Å². The summed E-state index contributed by atoms with van der Waals surface area (Å²) in [5.41, 5.74) is 5.17. The van der Waals surface area contributed by atoms with Gasteiger partial charge in [0.25, 0.3) is 5.91 Å². The van der Waals surface area contributed by atoms with Crippen LogP contribution in [-0.2, 0) is 10.2 Å². The number of urea groups is 1. The number of amides is 3. The Morgan fingerprint density at radius 3 is 2.35 bits per heavy atom. The van der Waals surface area contributed by atoms with Crippen LogP contribution in [0.2, 0.25) is 0 Å². The number of hydrogen-bond acceptors (Lipinski definition) is 5. The van der Waals surface area contributed by atoms with Crippen molar-refractivity contribution in [3.63, 3.8) is 0 Å². The first-order valence-corrected chi connectivity index (χ1v) is 16.7. The molecule has 43 heavy (non-hydrogen) atoms. The maximum absolute atomic E-state index is 13.9. The molecule has 230 valence electrons. The van der Waals surface area contributed by atoms with Gasteiger partial charge in [0.2, 0.25) is 6.17 Å². The topological polar surface area (TPSA) is 97.9 Å². The van der Waals surface area contributed by atoms with E-state index < -0.39 is 12.2 Å². The number of benzodiazepines with no additional fused rings is 1. The van der Waals surface area contributed by atoms with E-state index >= 15 is 0 Å². The molecule has 3 fully saturated rings. The van der Waals surface area contributed by atoms with Gasteiger partial charge in [-0.2, -0.15) is 0 Å². The minimum atomic E-state index is -0.965. The Hall–Kier alpha value is -3.23. The zero-order chi connectivity index (χ0) is 29.6. The van der Waals surface area contributed by atoms with Gasteiger partial charge in [-0.15, -0.1) is 0 Å². The quantitative estimate of drug-likeness (QED) is 0.342. The molecule has 0 radical (unpaired) electrons. The standard InChI is InChI=1S/C35H48N6O2/c1-2-24-41-30-11-7-6-10-29(30)31(25-8-4-3-5-9-25)39-32(33(41)42)40-34(43)38-28-14-12-26(13-15-28)35(18-22-37-23-19-35)27-16-20-36-21-17-27/h6-7,10-15,25,27,32,36-37H,2-5,8-9,16-24H2,1H3,(H2,38,40,43). The van der Waals surface area contributed by atoms with Crippen LogP contribution in [0.25, 0.3) is 0 Å². The van der Waals surface area contributed by atoms with Crippen LogP contribution < -0.4 is 26.2 Å². The summed E-state index contributed by atoms with van der Waals surface area (Å²) in [5, 5.41) is 13.0. The van der Waals surface area contributed by atoms with E-state index in [2.05, 4.69) is 46.4 Å². The van der Waals surface area contributed by atoms with Crippen LogP contribution in [0.1, 0.15) is 82.3 Å². The van der Waals surface area contributed by atoms with Gasteiger partial charge in [-0.05, 0) is 101 Å². The van der Waals surface area contributed by atoms with E-state index in [-0.39, 0.29) is 11.3 Å². The molecule has 1 aliphatic carbocycles. The van der Waals surface area contributed by atoms with Gasteiger partial charge in [-0.3, -0.25) is 9.79 Å². The summed E-state index contributed by atoms with van der Waals surface area (Å²) >= 11 is 0. The van der Waals surface area contributed by atoms with E-state index in [1.54, 1.807) is 0 Å². The lowest BCUT2D eigenvalue weighted by atomic mass is 9.62. The third-order valence-corrected chi connectivity index (χ3v) is 10.3. The third-order valence-electron chi connectivity index (χ3n) is 10.3. The second kappa shape index (κ2) is 13.6. The Morgan fingerprint density at radius 2 is 1.63 bits per heavy atom. The van der Waals surface area contributed by atoms with Crippen molar-refractivity contribution in [3.05, 3.63) is 59.7 Å². The first kappa shape index (κ1) is 29.8. The highest BCUT2D eigenvalue weighted by molar-refractivity contribution is 6.14. The maximum atomic E-state index is 13.9. The molecule has 0 aromatic heterocycles. The molecule has 2 saturated heterocycles. The van der Waals surface area contributed by atoms with Gasteiger partial charge in [0.15, 0.2) is 0 Å². The molecule has 3 aliphatic heterocycles. The van der Waals surface area contributed by atoms with E-state index in [0.717, 1.165) is 80.9 Å². The van der Waals surface area contributed by atoms with Gasteiger partial charge in [0, 0.05) is 29.1 Å². The number of hydrogen-bond donors (Lipinski definition) is 4. The number of carbonyl (C=O) groups excluding carboxylic acids is 2. The van der Waals surface area contributed by atoms with E-state index in [9.17, 15) is 9.59 Å². The van der Waals surface area contributed by atoms with Crippen LogP contribution in [0.15, 0.2) is 53.5 Å². The molecule has 2 aromatic carbocycles. The maximum Gasteiger partial charge on any atom is 0.321 e. The lowest BCUT2D eigenvalue weighted by Crippen LogP contribution is -2.49. The van der Waals surface area contributed by atoms with Crippen molar-refractivity contribution in [1.29, 1.82) is 0 Å². The number of para-hydroxylation sites is 1. The number of nitrogens with zero attached hydrogens (tertiary/aromatic N) is 2. The van der Waals surface area contributed by atoms with Crippen LogP contribution in [0.4, 0.5) is 16.2 Å². The predicted octanol–water partition coefficient (Wildman–Crippen LogP) is 5.58. The molecule has 8 nitrogen and oxygen atoms in total. The van der Waals surface area contributed by atoms with Crippen LogP contribution in [0.3, 0.4) is 0 Å². The molecule has 8 heteroatoms. The highest BCUT2D eigenvalue weighted by Crippen LogP contribution is 2.44. The fourth-order valence-corrected chi connectivity index (χ4v) is 8.06. The average molecular weight is 585 g/mol. The molecule has 4 aliphatic rings. The molecule has 6 rings (SSSR count). The van der Waals surface area contributed by atoms with Crippen LogP contribution in [-0.4, -0.2) is 56.5 Å².